The Morgan fingerprint density at radius 1 is 0.884 bits per heavy atom. The standard InChI is InChI=1S/C21H24N2S.C18H27N/c1-14-7-5-12-20(24-15(14)2)19(22)13-17-10-6-9-16-8-3-4-11-18(16)21(17)23;1-14(2)16-6-5-15-7-9-18(10-8-17(15)13-16)19-11-3-4-12-19/h3-4,8,11-13,22-23H,5-7,9-10H2,1-2H3;5-6,13-14,18H,3-4,7-12H2,1-2H3/b17-13-,22-19?,23-21?;. The lowest BCUT2D eigenvalue weighted by atomic mass is 9.95. The number of nitrogens with zero attached hydrogens (tertiary/aromatic N) is 1. The smallest absolute Gasteiger partial charge is 0.0679 e. The van der Waals surface area contributed by atoms with Crippen molar-refractivity contribution in [1.29, 1.82) is 10.8 Å². The average molecular weight is 594 g/mol. The lowest BCUT2D eigenvalue weighted by Crippen LogP contribution is -2.32. The molecule has 43 heavy (non-hydrogen) atoms. The summed E-state index contributed by atoms with van der Waals surface area (Å²) in [4.78, 5) is 5.08. The Hall–Kier alpha value is -2.69. The normalized spacial score (nSPS) is 22.2. The van der Waals surface area contributed by atoms with Crippen LogP contribution in [0.5, 0.6) is 0 Å². The molecule has 2 aromatic carbocycles. The molecule has 228 valence electrons. The number of rotatable bonds is 4. The number of thioether (sulfide) groups is 1. The highest BCUT2D eigenvalue weighted by atomic mass is 32.2. The zero-order valence-electron chi connectivity index (χ0n) is 26.9. The third kappa shape index (κ3) is 8.08. The number of benzene rings is 2. The van der Waals surface area contributed by atoms with Crippen LogP contribution in [-0.2, 0) is 19.3 Å². The highest BCUT2D eigenvalue weighted by Crippen LogP contribution is 2.35. The van der Waals surface area contributed by atoms with E-state index < -0.39 is 0 Å². The third-order valence-corrected chi connectivity index (χ3v) is 11.1. The van der Waals surface area contributed by atoms with Crippen molar-refractivity contribution >= 4 is 23.2 Å². The van der Waals surface area contributed by atoms with Gasteiger partial charge in [-0.25, -0.2) is 0 Å². The van der Waals surface area contributed by atoms with Crippen LogP contribution in [0.1, 0.15) is 113 Å². The monoisotopic (exact) mass is 593 g/mol. The largest absolute Gasteiger partial charge is 0.300 e. The molecule has 1 saturated heterocycles. The van der Waals surface area contributed by atoms with Crippen LogP contribution in [0.3, 0.4) is 0 Å². The number of nitrogens with one attached hydrogen (secondary N) is 2. The summed E-state index contributed by atoms with van der Waals surface area (Å²) in [7, 11) is 0. The first-order valence-corrected chi connectivity index (χ1v) is 17.5. The molecule has 6 rings (SSSR count). The summed E-state index contributed by atoms with van der Waals surface area (Å²) in [6.07, 6.45) is 17.3. The molecule has 4 heteroatoms. The second-order valence-corrected chi connectivity index (χ2v) is 14.4. The Balaban J connectivity index is 0.000000176. The van der Waals surface area contributed by atoms with Crippen molar-refractivity contribution in [2.45, 2.75) is 110 Å². The Morgan fingerprint density at radius 3 is 2.40 bits per heavy atom. The summed E-state index contributed by atoms with van der Waals surface area (Å²) < 4.78 is 0. The molecule has 2 aliphatic heterocycles. The SMILES string of the molecule is CC(C)c1ccc2c(c1)CCC(N1CCCC1)CC2.CC1=C(C)SC(C(=N)/C=C2/CCCc3ccccc3C2=N)=CCC1. The fraction of sp³-hybridized carbons (Fsp3) is 0.487. The van der Waals surface area contributed by atoms with E-state index in [9.17, 15) is 0 Å². The van der Waals surface area contributed by atoms with Crippen LogP contribution < -0.4 is 0 Å². The quantitative estimate of drug-likeness (QED) is 0.274. The van der Waals surface area contributed by atoms with E-state index in [-0.39, 0.29) is 0 Å². The van der Waals surface area contributed by atoms with Crippen molar-refractivity contribution in [3.05, 3.63) is 103 Å². The highest BCUT2D eigenvalue weighted by Gasteiger charge is 2.24. The van der Waals surface area contributed by atoms with Crippen LogP contribution in [0.2, 0.25) is 0 Å². The second-order valence-electron chi connectivity index (χ2n) is 13.2. The van der Waals surface area contributed by atoms with Gasteiger partial charge in [0.25, 0.3) is 0 Å². The van der Waals surface area contributed by atoms with Gasteiger partial charge in [0, 0.05) is 16.5 Å². The van der Waals surface area contributed by atoms with Gasteiger partial charge in [0.15, 0.2) is 0 Å². The van der Waals surface area contributed by atoms with Gasteiger partial charge in [0.2, 0.25) is 0 Å². The van der Waals surface area contributed by atoms with E-state index in [1.165, 1.54) is 73.2 Å². The Bertz CT molecular complexity index is 1420. The van der Waals surface area contributed by atoms with Crippen molar-refractivity contribution < 1.29 is 0 Å². The van der Waals surface area contributed by atoms with Crippen LogP contribution in [0.25, 0.3) is 0 Å². The fourth-order valence-electron chi connectivity index (χ4n) is 6.94. The molecule has 2 heterocycles. The first-order chi connectivity index (χ1) is 20.8. The van der Waals surface area contributed by atoms with Gasteiger partial charge >= 0.3 is 0 Å². The van der Waals surface area contributed by atoms with Crippen LogP contribution in [0.4, 0.5) is 0 Å². The molecule has 3 nitrogen and oxygen atoms in total. The van der Waals surface area contributed by atoms with E-state index in [4.69, 9.17) is 10.8 Å². The van der Waals surface area contributed by atoms with Crippen LogP contribution in [-0.4, -0.2) is 35.5 Å². The van der Waals surface area contributed by atoms with Crippen LogP contribution in [0.15, 0.2) is 75.6 Å². The van der Waals surface area contributed by atoms with Crippen LogP contribution in [0, 0.1) is 10.8 Å². The molecule has 2 aromatic rings. The minimum atomic E-state index is 0.549. The third-order valence-electron chi connectivity index (χ3n) is 9.85. The summed E-state index contributed by atoms with van der Waals surface area (Å²) in [5.41, 5.74) is 10.6. The maximum absolute atomic E-state index is 8.59. The minimum absolute atomic E-state index is 0.549. The first kappa shape index (κ1) is 31.7. The van der Waals surface area contributed by atoms with Gasteiger partial charge in [-0.15, -0.1) is 0 Å². The Morgan fingerprint density at radius 2 is 1.63 bits per heavy atom. The van der Waals surface area contributed by atoms with Crippen molar-refractivity contribution in [1.82, 2.24) is 4.90 Å². The summed E-state index contributed by atoms with van der Waals surface area (Å²) >= 11 is 1.71. The maximum atomic E-state index is 8.59. The van der Waals surface area contributed by atoms with E-state index in [1.807, 2.05) is 24.3 Å². The number of hydrogen-bond acceptors (Lipinski definition) is 4. The average Bonchev–Trinajstić information content (AvgIpc) is 3.31. The molecule has 0 spiro atoms. The number of aryl methyl sites for hydroxylation is 3. The molecule has 0 radical (unpaired) electrons. The zero-order chi connectivity index (χ0) is 30.3. The van der Waals surface area contributed by atoms with Gasteiger partial charge in [-0.2, -0.15) is 0 Å². The summed E-state index contributed by atoms with van der Waals surface area (Å²) in [5, 5.41) is 17.1. The van der Waals surface area contributed by atoms with Crippen molar-refractivity contribution in [2.75, 3.05) is 13.1 Å². The van der Waals surface area contributed by atoms with Crippen molar-refractivity contribution in [3.8, 4) is 0 Å². The maximum Gasteiger partial charge on any atom is 0.0679 e. The molecule has 0 saturated carbocycles. The highest BCUT2D eigenvalue weighted by molar-refractivity contribution is 8.07. The van der Waals surface area contributed by atoms with E-state index in [1.54, 1.807) is 22.9 Å². The number of hydrogen-bond donors (Lipinski definition) is 2. The molecule has 0 amide bonds. The Labute approximate surface area is 265 Å². The first-order valence-electron chi connectivity index (χ1n) is 16.7. The van der Waals surface area contributed by atoms with Gasteiger partial charge in [0.1, 0.15) is 0 Å². The van der Waals surface area contributed by atoms with Gasteiger partial charge in [-0.3, -0.25) is 10.8 Å². The Kier molecular flexibility index (Phi) is 11.0. The number of allylic oxidation sites excluding steroid dienone is 6. The molecule has 1 fully saturated rings. The molecule has 0 aromatic heterocycles. The second kappa shape index (κ2) is 14.9. The topological polar surface area (TPSA) is 50.9 Å². The molecule has 2 aliphatic carbocycles. The van der Waals surface area contributed by atoms with Gasteiger partial charge in [-0.05, 0) is 142 Å². The zero-order valence-corrected chi connectivity index (χ0v) is 27.7. The summed E-state index contributed by atoms with van der Waals surface area (Å²) in [6, 6.07) is 16.3. The molecule has 2 N–H and O–H groups in total. The summed E-state index contributed by atoms with van der Waals surface area (Å²) in [6.45, 7) is 11.6. The number of likely N-dealkylation sites (tertiary alicyclic amines) is 1. The number of fused-ring (bicyclic) bond motifs is 2. The van der Waals surface area contributed by atoms with Gasteiger partial charge in [-0.1, -0.05) is 79.7 Å². The van der Waals surface area contributed by atoms with E-state index >= 15 is 0 Å². The molecule has 4 aliphatic rings. The van der Waals surface area contributed by atoms with E-state index in [2.05, 4.69) is 62.9 Å². The van der Waals surface area contributed by atoms with E-state index in [0.717, 1.165) is 54.2 Å². The van der Waals surface area contributed by atoms with Gasteiger partial charge < -0.3 is 4.90 Å². The molecular weight excluding hydrogens is 543 g/mol. The summed E-state index contributed by atoms with van der Waals surface area (Å²) in [5.74, 6) is 0.655. The van der Waals surface area contributed by atoms with Gasteiger partial charge in [0.05, 0.1) is 11.4 Å². The molecule has 1 atom stereocenters. The minimum Gasteiger partial charge on any atom is -0.300 e. The van der Waals surface area contributed by atoms with Crippen molar-refractivity contribution in [3.63, 3.8) is 0 Å². The lowest BCUT2D eigenvalue weighted by Gasteiger charge is -2.26. The lowest BCUT2D eigenvalue weighted by molar-refractivity contribution is 0.222. The molecule has 1 unspecified atom stereocenters. The van der Waals surface area contributed by atoms with Crippen molar-refractivity contribution in [2.24, 2.45) is 0 Å². The van der Waals surface area contributed by atoms with E-state index in [0.29, 0.717) is 17.3 Å². The van der Waals surface area contributed by atoms with Crippen LogP contribution >= 0.6 is 11.8 Å². The molecule has 0 bridgehead atoms. The molecular formula is C39H51N3S. The fourth-order valence-corrected chi connectivity index (χ4v) is 7.91. The predicted octanol–water partition coefficient (Wildman–Crippen LogP) is 10.2. The predicted molar refractivity (Wildman–Crippen MR) is 187 cm³/mol.